The molecule has 2 amide bonds. The van der Waals surface area contributed by atoms with E-state index >= 15 is 0 Å². The van der Waals surface area contributed by atoms with E-state index in [4.69, 9.17) is 18.7 Å². The van der Waals surface area contributed by atoms with Gasteiger partial charge in [0.25, 0.3) is 0 Å². The van der Waals surface area contributed by atoms with E-state index < -0.39 is 6.03 Å². The number of ether oxygens (including phenoxy) is 3. The highest BCUT2D eigenvalue weighted by Gasteiger charge is 2.21. The fourth-order valence-electron chi connectivity index (χ4n) is 4.00. The number of carbonyl (C=O) groups excluding carboxylic acids is 1. The number of hydrogen-bond donors (Lipinski definition) is 3. The summed E-state index contributed by atoms with van der Waals surface area (Å²) in [5.41, 5.74) is 0.961. The smallest absolute Gasteiger partial charge is 0.324 e. The molecule has 13 heteroatoms. The minimum Gasteiger partial charge on any atom is -0.493 e. The molecule has 40 heavy (non-hydrogen) atoms. The number of benzene rings is 2. The van der Waals surface area contributed by atoms with Crippen molar-refractivity contribution < 1.29 is 23.5 Å². The summed E-state index contributed by atoms with van der Waals surface area (Å²) in [6, 6.07) is 11.9. The molecule has 1 saturated heterocycles. The highest BCUT2D eigenvalue weighted by atomic mass is 35.5. The number of aromatic nitrogens is 3. The Morgan fingerprint density at radius 2 is 1.90 bits per heavy atom. The van der Waals surface area contributed by atoms with Crippen molar-refractivity contribution in [3.8, 4) is 23.1 Å². The van der Waals surface area contributed by atoms with E-state index in [1.54, 1.807) is 43.5 Å². The third-order valence-corrected chi connectivity index (χ3v) is 5.99. The molecule has 0 unspecified atom stereocenters. The summed E-state index contributed by atoms with van der Waals surface area (Å²) in [6.07, 6.45) is 2.40. The van der Waals surface area contributed by atoms with Crippen molar-refractivity contribution in [2.45, 2.75) is 38.7 Å². The first kappa shape index (κ1) is 30.7. The molecule has 0 radical (unpaired) electrons. The maximum atomic E-state index is 12.5. The van der Waals surface area contributed by atoms with Crippen LogP contribution >= 0.6 is 24.8 Å². The Labute approximate surface area is 244 Å². The van der Waals surface area contributed by atoms with Gasteiger partial charge >= 0.3 is 6.03 Å². The second-order valence-corrected chi connectivity index (χ2v) is 9.97. The lowest BCUT2D eigenvalue weighted by atomic mass is 9.93. The summed E-state index contributed by atoms with van der Waals surface area (Å²) in [5.74, 6) is 3.03. The van der Waals surface area contributed by atoms with Gasteiger partial charge in [0.2, 0.25) is 5.88 Å². The highest BCUT2D eigenvalue weighted by Crippen LogP contribution is 2.37. The predicted molar refractivity (Wildman–Crippen MR) is 157 cm³/mol. The Morgan fingerprint density at radius 3 is 2.60 bits per heavy atom. The maximum absolute atomic E-state index is 12.5. The van der Waals surface area contributed by atoms with Gasteiger partial charge in [-0.25, -0.2) is 14.8 Å². The van der Waals surface area contributed by atoms with Crippen LogP contribution < -0.4 is 30.2 Å². The standard InChI is InChI=1S/C27H30N6O5.2ClH/c1-27(2,3)23-13-24(33-38-23)32-26(34)31-16-6-5-7-17(10-16)37-25-19-11-22(36-18-8-9-28-14-18)21(35-4)12-20(19)29-15-30-25;;/h5-7,10-13,15,18,28H,8-9,14H2,1-4H3,(H2,31,32,33,34);2*1H/t18-;;/m0../s1. The zero-order valence-corrected chi connectivity index (χ0v) is 24.1. The zero-order chi connectivity index (χ0) is 26.7. The summed E-state index contributed by atoms with van der Waals surface area (Å²) in [6.45, 7) is 7.69. The zero-order valence-electron chi connectivity index (χ0n) is 22.5. The number of methoxy groups -OCH3 is 1. The lowest BCUT2D eigenvalue weighted by Gasteiger charge is -2.17. The van der Waals surface area contributed by atoms with E-state index in [0.717, 1.165) is 19.5 Å². The minimum atomic E-state index is -0.460. The second-order valence-electron chi connectivity index (χ2n) is 9.97. The van der Waals surface area contributed by atoms with Crippen LogP contribution in [0.1, 0.15) is 33.0 Å². The molecule has 1 atom stereocenters. The van der Waals surface area contributed by atoms with Gasteiger partial charge in [-0.15, -0.1) is 24.8 Å². The first-order valence-corrected chi connectivity index (χ1v) is 12.3. The van der Waals surface area contributed by atoms with Crippen molar-refractivity contribution in [3.05, 3.63) is 54.6 Å². The fraction of sp³-hybridized carbons (Fsp3) is 0.333. The molecule has 1 aliphatic heterocycles. The SMILES string of the molecule is COc1cc2ncnc(Oc3cccc(NC(=O)Nc4cc(C(C)(C)C)on4)c3)c2cc1O[C@H]1CCNC1.Cl.Cl. The van der Waals surface area contributed by atoms with E-state index in [-0.39, 0.29) is 36.3 Å². The number of nitrogens with zero attached hydrogens (tertiary/aromatic N) is 3. The Bertz CT molecular complexity index is 1450. The van der Waals surface area contributed by atoms with Crippen molar-refractivity contribution in [1.82, 2.24) is 20.4 Å². The summed E-state index contributed by atoms with van der Waals surface area (Å²) >= 11 is 0. The van der Waals surface area contributed by atoms with Crippen LogP contribution in [0.2, 0.25) is 0 Å². The van der Waals surface area contributed by atoms with Crippen LogP contribution in [0.15, 0.2) is 53.3 Å². The molecule has 214 valence electrons. The van der Waals surface area contributed by atoms with Gasteiger partial charge in [-0.1, -0.05) is 32.0 Å². The molecule has 3 heterocycles. The second kappa shape index (κ2) is 13.0. The number of halogens is 2. The minimum absolute atomic E-state index is 0. The monoisotopic (exact) mass is 590 g/mol. The lowest BCUT2D eigenvalue weighted by molar-refractivity contribution is 0.213. The van der Waals surface area contributed by atoms with Crippen molar-refractivity contribution in [2.75, 3.05) is 30.8 Å². The quantitative estimate of drug-likeness (QED) is 0.239. The van der Waals surface area contributed by atoms with Crippen LogP contribution in [0.4, 0.5) is 16.3 Å². The van der Waals surface area contributed by atoms with Crippen LogP contribution in [0.5, 0.6) is 23.1 Å². The molecule has 0 bridgehead atoms. The molecular formula is C27H32Cl2N6O5. The van der Waals surface area contributed by atoms with Gasteiger partial charge in [0.05, 0.1) is 18.0 Å². The maximum Gasteiger partial charge on any atom is 0.324 e. The van der Waals surface area contributed by atoms with Gasteiger partial charge in [0.1, 0.15) is 23.9 Å². The number of carbonyl (C=O) groups is 1. The highest BCUT2D eigenvalue weighted by molar-refractivity contribution is 5.99. The van der Waals surface area contributed by atoms with Crippen LogP contribution in [0.3, 0.4) is 0 Å². The molecule has 2 aromatic heterocycles. The van der Waals surface area contributed by atoms with Crippen molar-refractivity contribution >= 4 is 53.3 Å². The van der Waals surface area contributed by atoms with Crippen LogP contribution in [0.25, 0.3) is 10.9 Å². The topological polar surface area (TPSA) is 133 Å². The van der Waals surface area contributed by atoms with Crippen molar-refractivity contribution in [3.63, 3.8) is 0 Å². The Morgan fingerprint density at radius 1 is 1.07 bits per heavy atom. The van der Waals surface area contributed by atoms with Gasteiger partial charge in [0, 0.05) is 35.8 Å². The third-order valence-electron chi connectivity index (χ3n) is 5.99. The number of amides is 2. The number of fused-ring (bicyclic) bond motifs is 1. The summed E-state index contributed by atoms with van der Waals surface area (Å²) in [7, 11) is 1.60. The van der Waals surface area contributed by atoms with Gasteiger partial charge in [-0.2, -0.15) is 0 Å². The first-order valence-electron chi connectivity index (χ1n) is 12.3. The Hall–Kier alpha value is -3.80. The van der Waals surface area contributed by atoms with E-state index in [9.17, 15) is 4.79 Å². The van der Waals surface area contributed by atoms with Gasteiger partial charge < -0.3 is 29.4 Å². The van der Waals surface area contributed by atoms with E-state index in [2.05, 4.69) is 31.1 Å². The molecule has 1 fully saturated rings. The van der Waals surface area contributed by atoms with Gasteiger partial charge in [-0.05, 0) is 31.2 Å². The number of nitrogens with one attached hydrogen (secondary N) is 3. The number of rotatable bonds is 7. The van der Waals surface area contributed by atoms with Gasteiger partial charge in [0.15, 0.2) is 17.3 Å². The van der Waals surface area contributed by atoms with Gasteiger partial charge in [-0.3, -0.25) is 5.32 Å². The number of anilines is 2. The summed E-state index contributed by atoms with van der Waals surface area (Å²) in [5, 5.41) is 13.3. The number of urea groups is 1. The molecule has 0 aliphatic carbocycles. The number of hydrogen-bond acceptors (Lipinski definition) is 9. The molecule has 0 spiro atoms. The average Bonchev–Trinajstić information content (AvgIpc) is 3.56. The Kier molecular flexibility index (Phi) is 10.0. The van der Waals surface area contributed by atoms with Crippen LogP contribution in [0, 0.1) is 0 Å². The van der Waals surface area contributed by atoms with Crippen LogP contribution in [-0.4, -0.2) is 47.5 Å². The third kappa shape index (κ3) is 7.23. The average molecular weight is 591 g/mol. The van der Waals surface area contributed by atoms with Crippen molar-refractivity contribution in [2.24, 2.45) is 0 Å². The summed E-state index contributed by atoms with van der Waals surface area (Å²) in [4.78, 5) is 21.2. The lowest BCUT2D eigenvalue weighted by Crippen LogP contribution is -2.19. The molecular weight excluding hydrogens is 559 g/mol. The Balaban J connectivity index is 0.00000220. The first-order chi connectivity index (χ1) is 18.3. The van der Waals surface area contributed by atoms with Crippen molar-refractivity contribution in [1.29, 1.82) is 0 Å². The molecule has 11 nitrogen and oxygen atoms in total. The molecule has 5 rings (SSSR count). The summed E-state index contributed by atoms with van der Waals surface area (Å²) < 4.78 is 23.1. The van der Waals surface area contributed by atoms with E-state index in [1.807, 2.05) is 26.8 Å². The molecule has 4 aromatic rings. The molecule has 0 saturated carbocycles. The predicted octanol–water partition coefficient (Wildman–Crippen LogP) is 5.94. The van der Waals surface area contributed by atoms with E-state index in [1.165, 1.54) is 6.33 Å². The normalized spacial score (nSPS) is 14.6. The largest absolute Gasteiger partial charge is 0.493 e. The van der Waals surface area contributed by atoms with E-state index in [0.29, 0.717) is 51.3 Å². The van der Waals surface area contributed by atoms with Crippen LogP contribution in [-0.2, 0) is 5.41 Å². The molecule has 3 N–H and O–H groups in total. The fourth-order valence-corrected chi connectivity index (χ4v) is 4.00. The molecule has 2 aromatic carbocycles. The molecule has 1 aliphatic rings.